The first-order valence-electron chi connectivity index (χ1n) is 5.42. The topological polar surface area (TPSA) is 68.1 Å². The van der Waals surface area contributed by atoms with E-state index >= 15 is 0 Å². The van der Waals surface area contributed by atoms with Gasteiger partial charge in [-0.2, -0.15) is 0 Å². The van der Waals surface area contributed by atoms with Gasteiger partial charge in [-0.15, -0.1) is 0 Å². The Kier molecular flexibility index (Phi) is 4.22. The molecule has 1 N–H and O–H groups in total. The second-order valence-electron chi connectivity index (χ2n) is 3.95. The van der Waals surface area contributed by atoms with Crippen molar-refractivity contribution < 1.29 is 4.92 Å². The van der Waals surface area contributed by atoms with Crippen LogP contribution in [0.3, 0.4) is 0 Å². The van der Waals surface area contributed by atoms with Gasteiger partial charge in [-0.05, 0) is 18.9 Å². The molecule has 0 amide bonds. The molecule has 1 aromatic heterocycles. The molecule has 2 atom stereocenters. The summed E-state index contributed by atoms with van der Waals surface area (Å²) in [6, 6.07) is 3.19. The van der Waals surface area contributed by atoms with E-state index < -0.39 is 4.92 Å². The summed E-state index contributed by atoms with van der Waals surface area (Å²) in [6.45, 7) is 6.20. The van der Waals surface area contributed by atoms with Crippen LogP contribution in [0, 0.1) is 16.0 Å². The normalized spacial score (nSPS) is 14.2. The molecule has 0 aliphatic rings. The van der Waals surface area contributed by atoms with Crippen molar-refractivity contribution in [3.05, 3.63) is 28.4 Å². The molecule has 0 aliphatic heterocycles. The van der Waals surface area contributed by atoms with Gasteiger partial charge < -0.3 is 5.32 Å². The third-order valence-electron chi connectivity index (χ3n) is 2.85. The quantitative estimate of drug-likeness (QED) is 0.615. The van der Waals surface area contributed by atoms with Crippen molar-refractivity contribution in [1.29, 1.82) is 0 Å². The predicted octanol–water partition coefficient (Wildman–Crippen LogP) is 2.84. The maximum Gasteiger partial charge on any atom is 0.311 e. The first kappa shape index (κ1) is 12.4. The molecular formula is C11H17N3O2. The molecule has 16 heavy (non-hydrogen) atoms. The Morgan fingerprint density at radius 2 is 2.25 bits per heavy atom. The van der Waals surface area contributed by atoms with Crippen LogP contribution in [0.2, 0.25) is 0 Å². The summed E-state index contributed by atoms with van der Waals surface area (Å²) in [5.74, 6) is 0.793. The highest BCUT2D eigenvalue weighted by molar-refractivity contribution is 5.55. The summed E-state index contributed by atoms with van der Waals surface area (Å²) in [5, 5.41) is 13.9. The molecule has 0 saturated carbocycles. The zero-order valence-corrected chi connectivity index (χ0v) is 9.80. The molecule has 0 radical (unpaired) electrons. The van der Waals surface area contributed by atoms with Gasteiger partial charge in [0.25, 0.3) is 0 Å². The maximum atomic E-state index is 10.8. The molecular weight excluding hydrogens is 206 g/mol. The van der Waals surface area contributed by atoms with E-state index in [1.165, 1.54) is 6.07 Å². The second kappa shape index (κ2) is 5.44. The van der Waals surface area contributed by atoms with Crippen LogP contribution in [0.4, 0.5) is 11.5 Å². The molecule has 0 bridgehead atoms. The van der Waals surface area contributed by atoms with E-state index in [4.69, 9.17) is 0 Å². The fourth-order valence-electron chi connectivity index (χ4n) is 1.37. The molecule has 5 heteroatoms. The molecule has 0 aromatic carbocycles. The van der Waals surface area contributed by atoms with Gasteiger partial charge in [0.1, 0.15) is 0 Å². The Morgan fingerprint density at radius 1 is 1.56 bits per heavy atom. The van der Waals surface area contributed by atoms with Gasteiger partial charge >= 0.3 is 5.69 Å². The number of pyridine rings is 1. The lowest BCUT2D eigenvalue weighted by Gasteiger charge is -2.20. The molecule has 1 aromatic rings. The Labute approximate surface area is 95.0 Å². The van der Waals surface area contributed by atoms with Crippen LogP contribution < -0.4 is 5.32 Å². The molecule has 0 fully saturated rings. The van der Waals surface area contributed by atoms with Crippen molar-refractivity contribution in [3.8, 4) is 0 Å². The SMILES string of the molecule is CCC(C)C(C)Nc1ncccc1[N+](=O)[O-]. The lowest BCUT2D eigenvalue weighted by molar-refractivity contribution is -0.384. The first-order valence-corrected chi connectivity index (χ1v) is 5.42. The molecule has 2 unspecified atom stereocenters. The smallest absolute Gasteiger partial charge is 0.311 e. The monoisotopic (exact) mass is 223 g/mol. The zero-order valence-electron chi connectivity index (χ0n) is 9.80. The first-order chi connectivity index (χ1) is 7.56. The summed E-state index contributed by atoms with van der Waals surface area (Å²) in [6.07, 6.45) is 2.58. The van der Waals surface area contributed by atoms with Crippen LogP contribution >= 0.6 is 0 Å². The van der Waals surface area contributed by atoms with Gasteiger partial charge in [0, 0.05) is 18.3 Å². The molecule has 1 rings (SSSR count). The van der Waals surface area contributed by atoms with Crippen LogP contribution in [0.15, 0.2) is 18.3 Å². The predicted molar refractivity (Wildman–Crippen MR) is 63.4 cm³/mol. The molecule has 1 heterocycles. The fourth-order valence-corrected chi connectivity index (χ4v) is 1.37. The van der Waals surface area contributed by atoms with Crippen molar-refractivity contribution in [1.82, 2.24) is 4.98 Å². The minimum atomic E-state index is -0.418. The average molecular weight is 223 g/mol. The number of nitrogens with one attached hydrogen (secondary N) is 1. The lowest BCUT2D eigenvalue weighted by atomic mass is 10.0. The van der Waals surface area contributed by atoms with E-state index in [0.717, 1.165) is 6.42 Å². The Balaban J connectivity index is 2.84. The zero-order chi connectivity index (χ0) is 12.1. The van der Waals surface area contributed by atoms with E-state index in [2.05, 4.69) is 24.1 Å². The van der Waals surface area contributed by atoms with Gasteiger partial charge in [-0.3, -0.25) is 10.1 Å². The van der Waals surface area contributed by atoms with E-state index in [9.17, 15) is 10.1 Å². The highest BCUT2D eigenvalue weighted by Crippen LogP contribution is 2.22. The van der Waals surface area contributed by atoms with Crippen molar-refractivity contribution >= 4 is 11.5 Å². The number of hydrogen-bond acceptors (Lipinski definition) is 4. The minimum Gasteiger partial charge on any atom is -0.362 e. The summed E-state index contributed by atoms with van der Waals surface area (Å²) in [5.41, 5.74) is 0.0256. The third-order valence-corrected chi connectivity index (χ3v) is 2.85. The molecule has 88 valence electrons. The Morgan fingerprint density at radius 3 is 2.81 bits per heavy atom. The van der Waals surface area contributed by atoms with Crippen molar-refractivity contribution in [2.75, 3.05) is 5.32 Å². The highest BCUT2D eigenvalue weighted by atomic mass is 16.6. The third kappa shape index (κ3) is 2.92. The molecule has 0 saturated heterocycles. The van der Waals surface area contributed by atoms with Crippen molar-refractivity contribution in [3.63, 3.8) is 0 Å². The number of nitro groups is 1. The van der Waals surface area contributed by atoms with Crippen LogP contribution in [0.25, 0.3) is 0 Å². The van der Waals surface area contributed by atoms with Gasteiger partial charge in [0.2, 0.25) is 5.82 Å². The average Bonchev–Trinajstić information content (AvgIpc) is 2.28. The van der Waals surface area contributed by atoms with E-state index in [-0.39, 0.29) is 11.7 Å². The lowest BCUT2D eigenvalue weighted by Crippen LogP contribution is -2.24. The maximum absolute atomic E-state index is 10.8. The number of nitrogens with zero attached hydrogens (tertiary/aromatic N) is 2. The Hall–Kier alpha value is -1.65. The number of aromatic nitrogens is 1. The van der Waals surface area contributed by atoms with E-state index in [1.807, 2.05) is 6.92 Å². The molecule has 0 spiro atoms. The summed E-state index contributed by atoms with van der Waals surface area (Å²) >= 11 is 0. The van der Waals surface area contributed by atoms with Crippen molar-refractivity contribution in [2.45, 2.75) is 33.2 Å². The van der Waals surface area contributed by atoms with E-state index in [0.29, 0.717) is 11.7 Å². The van der Waals surface area contributed by atoms with Crippen LogP contribution in [0.5, 0.6) is 0 Å². The number of rotatable bonds is 5. The van der Waals surface area contributed by atoms with Crippen LogP contribution in [-0.2, 0) is 0 Å². The minimum absolute atomic E-state index is 0.0256. The number of hydrogen-bond donors (Lipinski definition) is 1. The fraction of sp³-hybridized carbons (Fsp3) is 0.545. The van der Waals surface area contributed by atoms with Gasteiger partial charge in [0.05, 0.1) is 4.92 Å². The van der Waals surface area contributed by atoms with Gasteiger partial charge in [-0.25, -0.2) is 4.98 Å². The second-order valence-corrected chi connectivity index (χ2v) is 3.95. The largest absolute Gasteiger partial charge is 0.362 e. The van der Waals surface area contributed by atoms with Crippen LogP contribution in [0.1, 0.15) is 27.2 Å². The van der Waals surface area contributed by atoms with Gasteiger partial charge in [-0.1, -0.05) is 20.3 Å². The Bertz CT molecular complexity index is 368. The van der Waals surface area contributed by atoms with E-state index in [1.54, 1.807) is 12.3 Å². The molecule has 0 aliphatic carbocycles. The van der Waals surface area contributed by atoms with Crippen molar-refractivity contribution in [2.24, 2.45) is 5.92 Å². The highest BCUT2D eigenvalue weighted by Gasteiger charge is 2.17. The summed E-state index contributed by atoms with van der Waals surface area (Å²) in [4.78, 5) is 14.4. The summed E-state index contributed by atoms with van der Waals surface area (Å²) in [7, 11) is 0. The summed E-state index contributed by atoms with van der Waals surface area (Å²) < 4.78 is 0. The number of anilines is 1. The van der Waals surface area contributed by atoms with Crippen LogP contribution in [-0.4, -0.2) is 15.9 Å². The molecule has 5 nitrogen and oxygen atoms in total. The standard InChI is InChI=1S/C11H17N3O2/c1-4-8(2)9(3)13-11-10(14(15)16)6-5-7-12-11/h5-9H,4H2,1-3H3,(H,12,13). The van der Waals surface area contributed by atoms with Gasteiger partial charge in [0.15, 0.2) is 0 Å².